The number of hydrogen-bond donors (Lipinski definition) is 4. The first-order chi connectivity index (χ1) is 33.0. The molecular formula is C48H42N4O14S4. The lowest BCUT2D eigenvalue weighted by Gasteiger charge is -2.12. The van der Waals surface area contributed by atoms with E-state index in [1.807, 2.05) is 0 Å². The van der Waals surface area contributed by atoms with Gasteiger partial charge in [0.1, 0.15) is 42.6 Å². The molecule has 0 heterocycles. The van der Waals surface area contributed by atoms with E-state index in [2.05, 4.69) is 21.3 Å². The van der Waals surface area contributed by atoms with E-state index in [0.29, 0.717) is 22.5 Å². The van der Waals surface area contributed by atoms with Crippen LogP contribution in [0.2, 0.25) is 0 Å². The van der Waals surface area contributed by atoms with Gasteiger partial charge in [0.2, 0.25) is 0 Å². The van der Waals surface area contributed by atoms with Crippen molar-refractivity contribution in [2.45, 2.75) is 47.3 Å². The topological polar surface area (TPSA) is 256 Å². The Morgan fingerprint density at radius 3 is 0.900 bits per heavy atom. The monoisotopic (exact) mass is 1030 g/mol. The second kappa shape index (κ2) is 20.4. The summed E-state index contributed by atoms with van der Waals surface area (Å²) in [4.78, 5) is 24.5. The molecule has 70 heavy (non-hydrogen) atoms. The summed E-state index contributed by atoms with van der Waals surface area (Å²) in [6.45, 7) is 6.85. The third-order valence-corrected chi connectivity index (χ3v) is 15.1. The van der Waals surface area contributed by atoms with Crippen LogP contribution in [-0.2, 0) is 40.5 Å². The normalized spacial score (nSPS) is 11.7. The lowest BCUT2D eigenvalue weighted by atomic mass is 10.2. The molecule has 0 spiro atoms. The number of rotatable bonds is 16. The van der Waals surface area contributed by atoms with Crippen molar-refractivity contribution in [1.82, 2.24) is 0 Å². The fourth-order valence-corrected chi connectivity index (χ4v) is 10.9. The summed E-state index contributed by atoms with van der Waals surface area (Å²) in [6.07, 6.45) is 0. The fourth-order valence-electron chi connectivity index (χ4n) is 6.39. The Balaban J connectivity index is 0.887. The molecule has 0 bridgehead atoms. The van der Waals surface area contributed by atoms with E-state index in [4.69, 9.17) is 16.7 Å². The van der Waals surface area contributed by atoms with Gasteiger partial charge in [-0.15, -0.1) is 0 Å². The van der Waals surface area contributed by atoms with Crippen LogP contribution in [0.4, 0.5) is 32.3 Å². The third kappa shape index (κ3) is 12.8. The standard InChI is InChI=1S/C48H42N4O14S4/c1-31-8-10-33(3)45(28-31)69(59,60)65-41-24-16-37(17-25-41)51-47(53)49-35-12-20-39(21-13-35)63-67(55,56)43-6-5-7-44(30-43)68(57,58)64-40-22-14-36(15-23-40)50-48(54)52-38-18-26-42(27-19-38)66-70(61,62)46-29-32(2)9-11-34(46)4/h5-30H,1-4H3,(H2,49,51,53)(H2,50,52,54). The summed E-state index contributed by atoms with van der Waals surface area (Å²) in [5, 5.41) is 10.3. The maximum Gasteiger partial charge on any atom is 0.339 e. The molecule has 0 aliphatic carbocycles. The van der Waals surface area contributed by atoms with E-state index in [9.17, 15) is 43.3 Å². The number of hydrogen-bond acceptors (Lipinski definition) is 14. The molecule has 0 fully saturated rings. The van der Waals surface area contributed by atoms with Gasteiger partial charge in [0.05, 0.1) is 0 Å². The first-order valence-electron chi connectivity index (χ1n) is 20.6. The van der Waals surface area contributed by atoms with Gasteiger partial charge in [-0.25, -0.2) is 9.59 Å². The molecule has 0 saturated heterocycles. The average Bonchev–Trinajstić information content (AvgIpc) is 3.30. The van der Waals surface area contributed by atoms with Crippen molar-refractivity contribution in [3.05, 3.63) is 180 Å². The van der Waals surface area contributed by atoms with Crippen LogP contribution in [0, 0.1) is 27.7 Å². The number of carbonyl (C=O) groups is 2. The van der Waals surface area contributed by atoms with Crippen molar-refractivity contribution >= 4 is 75.3 Å². The van der Waals surface area contributed by atoms with Crippen LogP contribution in [0.1, 0.15) is 22.3 Å². The molecule has 0 saturated carbocycles. The van der Waals surface area contributed by atoms with Crippen LogP contribution in [-0.4, -0.2) is 45.7 Å². The van der Waals surface area contributed by atoms with Gasteiger partial charge >= 0.3 is 52.5 Å². The van der Waals surface area contributed by atoms with Crippen LogP contribution >= 0.6 is 0 Å². The van der Waals surface area contributed by atoms with Crippen LogP contribution in [0.15, 0.2) is 177 Å². The predicted molar refractivity (Wildman–Crippen MR) is 261 cm³/mol. The molecule has 0 aliphatic heterocycles. The average molecular weight is 1030 g/mol. The Bertz CT molecular complexity index is 3320. The molecule has 4 amide bonds. The molecule has 4 N–H and O–H groups in total. The van der Waals surface area contributed by atoms with E-state index in [0.717, 1.165) is 29.3 Å². The van der Waals surface area contributed by atoms with Gasteiger partial charge < -0.3 is 38.0 Å². The molecular weight excluding hydrogens is 985 g/mol. The second-order valence-electron chi connectivity index (χ2n) is 15.4. The summed E-state index contributed by atoms with van der Waals surface area (Å²) in [7, 11) is -17.4. The number of carbonyl (C=O) groups excluding carboxylic acids is 2. The van der Waals surface area contributed by atoms with Crippen LogP contribution in [0.25, 0.3) is 0 Å². The van der Waals surface area contributed by atoms with Crippen molar-refractivity contribution in [3.63, 3.8) is 0 Å². The van der Waals surface area contributed by atoms with E-state index in [1.54, 1.807) is 52.0 Å². The number of aryl methyl sites for hydroxylation is 4. The molecule has 0 unspecified atom stereocenters. The number of nitrogens with one attached hydrogen (secondary N) is 4. The molecule has 0 atom stereocenters. The first-order valence-corrected chi connectivity index (χ1v) is 26.3. The number of amides is 4. The fraction of sp³-hybridized carbons (Fsp3) is 0.0833. The van der Waals surface area contributed by atoms with Gasteiger partial charge in [0.15, 0.2) is 0 Å². The minimum absolute atomic E-state index is 0.0311. The molecule has 362 valence electrons. The Morgan fingerprint density at radius 2 is 0.614 bits per heavy atom. The quantitative estimate of drug-likeness (QED) is 0.0658. The predicted octanol–water partition coefficient (Wildman–Crippen LogP) is 9.28. The van der Waals surface area contributed by atoms with Crippen molar-refractivity contribution in [2.75, 3.05) is 21.3 Å². The van der Waals surface area contributed by atoms with Crippen molar-refractivity contribution in [1.29, 1.82) is 0 Å². The molecule has 0 radical (unpaired) electrons. The summed E-state index contributed by atoms with van der Waals surface area (Å²) in [6, 6.07) is 34.7. The first kappa shape index (κ1) is 50.0. The van der Waals surface area contributed by atoms with Crippen LogP contribution in [0.3, 0.4) is 0 Å². The minimum atomic E-state index is -4.59. The van der Waals surface area contributed by atoms with Gasteiger partial charge in [-0.2, -0.15) is 33.7 Å². The highest BCUT2D eigenvalue weighted by Gasteiger charge is 2.24. The molecule has 7 aromatic rings. The zero-order valence-electron chi connectivity index (χ0n) is 37.4. The van der Waals surface area contributed by atoms with Crippen molar-refractivity contribution < 1.29 is 60.0 Å². The molecule has 7 rings (SSSR count). The Hall–Kier alpha value is -7.92. The summed E-state index contributed by atoms with van der Waals surface area (Å²) in [5.74, 6) is -0.254. The van der Waals surface area contributed by atoms with Gasteiger partial charge in [0, 0.05) is 22.7 Å². The van der Waals surface area contributed by atoms with Crippen LogP contribution in [0.5, 0.6) is 23.0 Å². The van der Waals surface area contributed by atoms with E-state index in [-0.39, 0.29) is 44.2 Å². The lowest BCUT2D eigenvalue weighted by molar-refractivity contribution is 0.261. The highest BCUT2D eigenvalue weighted by atomic mass is 32.2. The largest absolute Gasteiger partial charge is 0.379 e. The zero-order valence-corrected chi connectivity index (χ0v) is 40.6. The zero-order chi connectivity index (χ0) is 50.4. The second-order valence-corrected chi connectivity index (χ2v) is 21.5. The van der Waals surface area contributed by atoms with E-state index in [1.165, 1.54) is 115 Å². The molecule has 0 aromatic heterocycles. The number of urea groups is 2. The van der Waals surface area contributed by atoms with Crippen molar-refractivity contribution in [2.24, 2.45) is 0 Å². The maximum atomic E-state index is 13.2. The Labute approximate surface area is 404 Å². The van der Waals surface area contributed by atoms with Gasteiger partial charge in [-0.3, -0.25) is 0 Å². The Morgan fingerprint density at radius 1 is 0.343 bits per heavy atom. The van der Waals surface area contributed by atoms with Crippen LogP contribution < -0.4 is 38.0 Å². The van der Waals surface area contributed by atoms with Gasteiger partial charge in [0.25, 0.3) is 0 Å². The smallest absolute Gasteiger partial charge is 0.339 e. The summed E-state index contributed by atoms with van der Waals surface area (Å²) in [5.41, 5.74) is 3.67. The van der Waals surface area contributed by atoms with Gasteiger partial charge in [-0.1, -0.05) is 30.3 Å². The number of anilines is 4. The van der Waals surface area contributed by atoms with E-state index < -0.39 is 62.3 Å². The highest BCUT2D eigenvalue weighted by Crippen LogP contribution is 2.28. The molecule has 22 heteroatoms. The third-order valence-electron chi connectivity index (χ3n) is 9.88. The lowest BCUT2D eigenvalue weighted by Crippen LogP contribution is -2.19. The highest BCUT2D eigenvalue weighted by molar-refractivity contribution is 7.88. The number of benzene rings is 7. The molecule has 0 aliphatic rings. The summed E-state index contributed by atoms with van der Waals surface area (Å²) < 4.78 is 125. The Kier molecular flexibility index (Phi) is 14.5. The van der Waals surface area contributed by atoms with Gasteiger partial charge in [-0.05, 0) is 177 Å². The summed E-state index contributed by atoms with van der Waals surface area (Å²) >= 11 is 0. The molecule has 7 aromatic carbocycles. The molecule has 18 nitrogen and oxygen atoms in total. The van der Waals surface area contributed by atoms with Crippen molar-refractivity contribution in [3.8, 4) is 23.0 Å². The SMILES string of the molecule is Cc1ccc(C)c(S(=O)(=O)Oc2ccc(NC(=O)Nc3ccc(OS(=O)(=O)c4cccc(S(=O)(=O)Oc5ccc(NC(=O)Nc6ccc(OS(=O)(=O)c7cc(C)ccc7C)cc6)cc5)c4)cc3)cc2)c1. The van der Waals surface area contributed by atoms with E-state index >= 15 is 0 Å². The minimum Gasteiger partial charge on any atom is -0.379 e. The maximum absolute atomic E-state index is 13.2.